The largest absolute Gasteiger partial charge is 0.469 e. The Bertz CT molecular complexity index is 698. The Morgan fingerprint density at radius 2 is 1.70 bits per heavy atom. The van der Waals surface area contributed by atoms with Gasteiger partial charge in [-0.25, -0.2) is 0 Å². The topological polar surface area (TPSA) is 29.5 Å². The quantitative estimate of drug-likeness (QED) is 0.623. The number of ether oxygens (including phenoxy) is 1. The maximum atomic E-state index is 11.4. The first-order valence-corrected chi connectivity index (χ1v) is 9.90. The Kier molecular flexibility index (Phi) is 7.23. The summed E-state index contributed by atoms with van der Waals surface area (Å²) in [6.07, 6.45) is 7.20. The van der Waals surface area contributed by atoms with E-state index in [0.717, 1.165) is 25.9 Å². The standard InChI is InChI=1S/C24H29NO2/c1-27-24(26)17-16-22-14-8-18-25(22)19-9-15-23(20-10-4-2-5-11-20)21-12-6-3-7-13-21/h2-7,10-13,15,22H,8-9,14,16-19H2,1H3. The molecule has 1 atom stereocenters. The Morgan fingerprint density at radius 3 is 2.30 bits per heavy atom. The number of hydrogen-bond donors (Lipinski definition) is 0. The van der Waals surface area contributed by atoms with E-state index < -0.39 is 0 Å². The molecule has 1 aliphatic heterocycles. The fourth-order valence-corrected chi connectivity index (χ4v) is 3.92. The number of esters is 1. The second-order valence-electron chi connectivity index (χ2n) is 7.09. The molecule has 0 bridgehead atoms. The Hall–Kier alpha value is -2.39. The van der Waals surface area contributed by atoms with E-state index in [-0.39, 0.29) is 5.97 Å². The lowest BCUT2D eigenvalue weighted by molar-refractivity contribution is -0.140. The summed E-state index contributed by atoms with van der Waals surface area (Å²) in [4.78, 5) is 14.0. The van der Waals surface area contributed by atoms with Gasteiger partial charge in [-0.05, 0) is 48.9 Å². The average Bonchev–Trinajstić information content (AvgIpc) is 3.18. The molecule has 0 amide bonds. The number of likely N-dealkylation sites (tertiary alicyclic amines) is 1. The van der Waals surface area contributed by atoms with Crippen molar-refractivity contribution >= 4 is 11.5 Å². The van der Waals surface area contributed by atoms with E-state index in [1.54, 1.807) is 0 Å². The third-order valence-electron chi connectivity index (χ3n) is 5.34. The lowest BCUT2D eigenvalue weighted by Gasteiger charge is -2.23. The van der Waals surface area contributed by atoms with Crippen LogP contribution in [0.25, 0.3) is 5.57 Å². The summed E-state index contributed by atoms with van der Waals surface area (Å²) in [5.41, 5.74) is 3.81. The molecule has 0 saturated carbocycles. The van der Waals surface area contributed by atoms with E-state index in [2.05, 4.69) is 71.6 Å². The molecule has 2 aromatic carbocycles. The highest BCUT2D eigenvalue weighted by Gasteiger charge is 2.24. The van der Waals surface area contributed by atoms with Gasteiger partial charge in [-0.1, -0.05) is 66.7 Å². The molecule has 0 aliphatic carbocycles. The highest BCUT2D eigenvalue weighted by molar-refractivity contribution is 5.79. The van der Waals surface area contributed by atoms with Gasteiger partial charge in [0.05, 0.1) is 7.11 Å². The van der Waals surface area contributed by atoms with Crippen molar-refractivity contribution in [3.63, 3.8) is 0 Å². The van der Waals surface area contributed by atoms with Crippen LogP contribution in [0.5, 0.6) is 0 Å². The molecule has 3 heteroatoms. The van der Waals surface area contributed by atoms with Crippen LogP contribution in [0.3, 0.4) is 0 Å². The lowest BCUT2D eigenvalue weighted by atomic mass is 9.97. The molecule has 1 saturated heterocycles. The fraction of sp³-hybridized carbons (Fsp3) is 0.375. The van der Waals surface area contributed by atoms with Gasteiger partial charge in [0.2, 0.25) is 0 Å². The second kappa shape index (κ2) is 10.1. The summed E-state index contributed by atoms with van der Waals surface area (Å²) >= 11 is 0. The smallest absolute Gasteiger partial charge is 0.305 e. The van der Waals surface area contributed by atoms with Gasteiger partial charge >= 0.3 is 5.97 Å². The fourth-order valence-electron chi connectivity index (χ4n) is 3.92. The molecule has 3 nitrogen and oxygen atoms in total. The van der Waals surface area contributed by atoms with E-state index in [1.807, 2.05) is 0 Å². The maximum absolute atomic E-state index is 11.4. The van der Waals surface area contributed by atoms with Gasteiger partial charge in [-0.15, -0.1) is 0 Å². The summed E-state index contributed by atoms with van der Waals surface area (Å²) in [7, 11) is 1.47. The van der Waals surface area contributed by atoms with Crippen molar-refractivity contribution in [1.29, 1.82) is 0 Å². The van der Waals surface area contributed by atoms with E-state index in [9.17, 15) is 4.79 Å². The van der Waals surface area contributed by atoms with Crippen LogP contribution in [0.2, 0.25) is 0 Å². The summed E-state index contributed by atoms with van der Waals surface area (Å²) in [5, 5.41) is 0. The molecule has 0 spiro atoms. The molecule has 142 valence electrons. The third-order valence-corrected chi connectivity index (χ3v) is 5.34. The summed E-state index contributed by atoms with van der Waals surface area (Å²) in [6.45, 7) is 2.17. The molecule has 1 aliphatic rings. The average molecular weight is 364 g/mol. The number of hydrogen-bond acceptors (Lipinski definition) is 3. The predicted octanol–water partition coefficient (Wildman–Crippen LogP) is 4.93. The van der Waals surface area contributed by atoms with E-state index >= 15 is 0 Å². The minimum atomic E-state index is -0.0998. The van der Waals surface area contributed by atoms with Crippen molar-refractivity contribution in [3.8, 4) is 0 Å². The SMILES string of the molecule is COC(=O)CCC1CCCN1CCC=C(c1ccccc1)c1ccccc1. The summed E-state index contributed by atoms with van der Waals surface area (Å²) in [5.74, 6) is -0.0998. The summed E-state index contributed by atoms with van der Waals surface area (Å²) < 4.78 is 4.79. The normalized spacial score (nSPS) is 16.9. The second-order valence-corrected chi connectivity index (χ2v) is 7.09. The van der Waals surface area contributed by atoms with Gasteiger partial charge in [0.1, 0.15) is 0 Å². The van der Waals surface area contributed by atoms with E-state index in [0.29, 0.717) is 12.5 Å². The molecular formula is C24H29NO2. The van der Waals surface area contributed by atoms with Crippen molar-refractivity contribution in [1.82, 2.24) is 4.90 Å². The predicted molar refractivity (Wildman–Crippen MR) is 110 cm³/mol. The van der Waals surface area contributed by atoms with E-state index in [4.69, 9.17) is 4.74 Å². The number of rotatable bonds is 8. The van der Waals surface area contributed by atoms with Crippen LogP contribution >= 0.6 is 0 Å². The zero-order valence-electron chi connectivity index (χ0n) is 16.1. The van der Waals surface area contributed by atoms with Gasteiger partial charge in [0, 0.05) is 19.0 Å². The Balaban J connectivity index is 1.65. The van der Waals surface area contributed by atoms with Crippen LogP contribution in [0.1, 0.15) is 43.2 Å². The summed E-state index contributed by atoms with van der Waals surface area (Å²) in [6, 6.07) is 21.7. The number of carbonyl (C=O) groups excluding carboxylic acids is 1. The number of nitrogens with zero attached hydrogens (tertiary/aromatic N) is 1. The molecule has 0 N–H and O–H groups in total. The Labute approximate surface area is 162 Å². The molecule has 1 fully saturated rings. The minimum absolute atomic E-state index is 0.0998. The van der Waals surface area contributed by atoms with Crippen LogP contribution in [0.4, 0.5) is 0 Å². The highest BCUT2D eigenvalue weighted by Crippen LogP contribution is 2.25. The molecule has 0 aromatic heterocycles. The third kappa shape index (κ3) is 5.54. The monoisotopic (exact) mass is 363 g/mol. The maximum Gasteiger partial charge on any atom is 0.305 e. The van der Waals surface area contributed by atoms with Crippen molar-refractivity contribution in [2.45, 2.75) is 38.1 Å². The highest BCUT2D eigenvalue weighted by atomic mass is 16.5. The van der Waals surface area contributed by atoms with Crippen molar-refractivity contribution < 1.29 is 9.53 Å². The van der Waals surface area contributed by atoms with E-state index in [1.165, 1.54) is 36.7 Å². The van der Waals surface area contributed by atoms with Crippen LogP contribution in [0.15, 0.2) is 66.7 Å². The van der Waals surface area contributed by atoms with Crippen molar-refractivity contribution in [2.75, 3.05) is 20.2 Å². The molecular weight excluding hydrogens is 334 g/mol. The van der Waals surface area contributed by atoms with Crippen LogP contribution in [0, 0.1) is 0 Å². The molecule has 0 radical (unpaired) electrons. The minimum Gasteiger partial charge on any atom is -0.469 e. The van der Waals surface area contributed by atoms with Crippen molar-refractivity contribution in [3.05, 3.63) is 77.9 Å². The van der Waals surface area contributed by atoms with Crippen LogP contribution < -0.4 is 0 Å². The van der Waals surface area contributed by atoms with Crippen LogP contribution in [-0.4, -0.2) is 37.1 Å². The lowest BCUT2D eigenvalue weighted by Crippen LogP contribution is -2.30. The Morgan fingerprint density at radius 1 is 1.07 bits per heavy atom. The molecule has 27 heavy (non-hydrogen) atoms. The zero-order valence-corrected chi connectivity index (χ0v) is 16.1. The molecule has 2 aromatic rings. The molecule has 1 heterocycles. The first-order valence-electron chi connectivity index (χ1n) is 9.90. The van der Waals surface area contributed by atoms with Gasteiger partial charge in [0.25, 0.3) is 0 Å². The number of benzene rings is 2. The zero-order chi connectivity index (χ0) is 18.9. The van der Waals surface area contributed by atoms with Crippen LogP contribution in [-0.2, 0) is 9.53 Å². The van der Waals surface area contributed by atoms with Gasteiger partial charge < -0.3 is 9.64 Å². The van der Waals surface area contributed by atoms with Crippen molar-refractivity contribution in [2.24, 2.45) is 0 Å². The van der Waals surface area contributed by atoms with Gasteiger partial charge in [0.15, 0.2) is 0 Å². The van der Waals surface area contributed by atoms with Gasteiger partial charge in [-0.2, -0.15) is 0 Å². The molecule has 3 rings (SSSR count). The number of methoxy groups -OCH3 is 1. The van der Waals surface area contributed by atoms with Gasteiger partial charge in [-0.3, -0.25) is 4.79 Å². The first kappa shape index (κ1) is 19.4. The molecule has 1 unspecified atom stereocenters. The number of carbonyl (C=O) groups is 1. The first-order chi connectivity index (χ1) is 13.3.